The minimum atomic E-state index is 0.966. The molecule has 0 N–H and O–H groups in total. The van der Waals surface area contributed by atoms with Gasteiger partial charge < -0.3 is 26.5 Å². The maximum atomic E-state index is 5.78. The number of fused-ring (bicyclic) bond motifs is 18. The average molecular weight is 1370 g/mol. The number of hydrogen-bond donors (Lipinski definition) is 0. The highest BCUT2D eigenvalue weighted by Crippen LogP contribution is 2.35. The second-order valence-corrected chi connectivity index (χ2v) is 26.5. The summed E-state index contributed by atoms with van der Waals surface area (Å²) in [5.41, 5.74) is 23.1. The van der Waals surface area contributed by atoms with Crippen LogP contribution in [0.3, 0.4) is 0 Å². The lowest BCUT2D eigenvalue weighted by molar-refractivity contribution is 0.665. The molecule has 21 rings (SSSR count). The zero-order valence-electron chi connectivity index (χ0n) is 60.9. The highest BCUT2D eigenvalue weighted by atomic mass is 16.3. The minimum absolute atomic E-state index is 0.966. The zero-order valence-corrected chi connectivity index (χ0v) is 60.9. The average Bonchev–Trinajstić information content (AvgIpc) is 1.70. The fraction of sp³-hybridized carbons (Fsp3) is 0.0909. The quantitative estimate of drug-likeness (QED) is 0.151. The lowest BCUT2D eigenvalue weighted by Crippen LogP contribution is -1.72. The first kappa shape index (κ1) is 70.5. The number of hydrogen-bond acceptors (Lipinski definition) is 6. The van der Waals surface area contributed by atoms with Crippen molar-refractivity contribution < 1.29 is 26.5 Å². The lowest BCUT2D eigenvalue weighted by atomic mass is 10.1. The van der Waals surface area contributed by atoms with Crippen molar-refractivity contribution >= 4 is 132 Å². The largest absolute Gasteiger partial charge is 0.456 e. The highest BCUT2D eigenvalue weighted by molar-refractivity contribution is 6.09. The van der Waals surface area contributed by atoms with Gasteiger partial charge in [0.05, 0.1) is 0 Å². The molecule has 6 aromatic heterocycles. The maximum absolute atomic E-state index is 5.78. The SMILES string of the molecule is Cc1ccc2c(c1)oc1ccccc12.Cc1ccc2c(c1)oc1ccccc12.Cc1ccc2oc3ccccc3c2c1.Cc1ccc2oc3ccccc3c2c1.Cc1cccc2c1oc1ccccc12.Cc1cccc2oc3ccccc3c12.Cc1ccccc1.Cc1ccccc1.Cc1ccccc1. The standard InChI is InChI=1S/6C13H10O.3C7H8/c1-9-5-4-7-11-10-6-2-3-8-12(10)14-13(9)11;1-9-5-4-8-12-13(9)10-6-2-3-7-11(10)14-12;2*1-9-6-7-13-11(8-9)10-4-2-3-5-12(10)14-13;2*1-9-6-7-11-10-4-2-3-5-12(10)14-13(11)8-9;3*1-7-5-3-2-4-6-7/h6*2-8H,1H3;3*2-6H,1H3. The second-order valence-electron chi connectivity index (χ2n) is 26.5. The molecule has 0 radical (unpaired) electrons. The molecular formula is C99H84O6. The molecule has 0 bridgehead atoms. The molecule has 105 heavy (non-hydrogen) atoms. The van der Waals surface area contributed by atoms with Crippen LogP contribution >= 0.6 is 0 Å². The van der Waals surface area contributed by atoms with E-state index in [0.717, 1.165) is 67.0 Å². The van der Waals surface area contributed by atoms with Crippen molar-refractivity contribution in [1.29, 1.82) is 0 Å². The molecule has 0 aliphatic carbocycles. The normalized spacial score (nSPS) is 10.7. The summed E-state index contributed by atoms with van der Waals surface area (Å²) in [7, 11) is 0. The van der Waals surface area contributed by atoms with Gasteiger partial charge in [0.1, 0.15) is 67.0 Å². The maximum Gasteiger partial charge on any atom is 0.138 e. The van der Waals surface area contributed by atoms with Crippen LogP contribution in [-0.4, -0.2) is 0 Å². The number of para-hydroxylation sites is 7. The van der Waals surface area contributed by atoms with Gasteiger partial charge in [-0.2, -0.15) is 0 Å². The molecule has 6 heterocycles. The van der Waals surface area contributed by atoms with Crippen LogP contribution in [0.5, 0.6) is 0 Å². The number of rotatable bonds is 0. The third kappa shape index (κ3) is 17.2. The monoisotopic (exact) mass is 1370 g/mol. The Bertz CT molecular complexity index is 6050. The lowest BCUT2D eigenvalue weighted by Gasteiger charge is -1.93. The van der Waals surface area contributed by atoms with Crippen molar-refractivity contribution in [3.05, 3.63) is 396 Å². The fourth-order valence-electron chi connectivity index (χ4n) is 12.8. The molecule has 0 spiro atoms. The van der Waals surface area contributed by atoms with E-state index in [1.54, 1.807) is 0 Å². The predicted molar refractivity (Wildman–Crippen MR) is 444 cm³/mol. The number of benzene rings is 15. The summed E-state index contributed by atoms with van der Waals surface area (Å²) >= 11 is 0. The molecule has 0 saturated heterocycles. The summed E-state index contributed by atoms with van der Waals surface area (Å²) in [6, 6.07) is 117. The van der Waals surface area contributed by atoms with Crippen molar-refractivity contribution in [2.75, 3.05) is 0 Å². The molecule has 0 atom stereocenters. The summed E-state index contributed by atoms with van der Waals surface area (Å²) in [4.78, 5) is 0. The molecule has 0 aliphatic heterocycles. The highest BCUT2D eigenvalue weighted by Gasteiger charge is 2.11. The summed E-state index contributed by atoms with van der Waals surface area (Å²) in [5, 5.41) is 14.5. The smallest absolute Gasteiger partial charge is 0.138 e. The number of aryl methyl sites for hydroxylation is 9. The van der Waals surface area contributed by atoms with Gasteiger partial charge in [-0.15, -0.1) is 0 Å². The summed E-state index contributed by atoms with van der Waals surface area (Å²) in [6.07, 6.45) is 0. The van der Waals surface area contributed by atoms with E-state index < -0.39 is 0 Å². The van der Waals surface area contributed by atoms with E-state index in [1.807, 2.05) is 188 Å². The molecular weight excluding hydrogens is 1290 g/mol. The van der Waals surface area contributed by atoms with Crippen LogP contribution in [0, 0.1) is 62.3 Å². The van der Waals surface area contributed by atoms with Gasteiger partial charge in [0.2, 0.25) is 0 Å². The molecule has 0 saturated carbocycles. The van der Waals surface area contributed by atoms with Gasteiger partial charge in [-0.1, -0.05) is 295 Å². The van der Waals surface area contributed by atoms with E-state index in [9.17, 15) is 0 Å². The second kappa shape index (κ2) is 33.3. The topological polar surface area (TPSA) is 78.8 Å². The van der Waals surface area contributed by atoms with Crippen molar-refractivity contribution in [3.63, 3.8) is 0 Å². The van der Waals surface area contributed by atoms with Crippen LogP contribution in [0.15, 0.2) is 372 Å². The van der Waals surface area contributed by atoms with Crippen LogP contribution in [0.1, 0.15) is 50.1 Å². The Balaban J connectivity index is 0.000000106. The van der Waals surface area contributed by atoms with Gasteiger partial charge >= 0.3 is 0 Å². The molecule has 6 nitrogen and oxygen atoms in total. The predicted octanol–water partition coefficient (Wildman–Crippen LogP) is 29.4. The zero-order chi connectivity index (χ0) is 72.6. The summed E-state index contributed by atoms with van der Waals surface area (Å²) < 4.78 is 34.4. The first-order valence-corrected chi connectivity index (χ1v) is 35.6. The third-order valence-electron chi connectivity index (χ3n) is 18.2. The van der Waals surface area contributed by atoms with Crippen LogP contribution in [0.25, 0.3) is 132 Å². The van der Waals surface area contributed by atoms with Gasteiger partial charge in [-0.05, 0) is 163 Å². The molecule has 0 aliphatic rings. The van der Waals surface area contributed by atoms with Gasteiger partial charge in [0.15, 0.2) is 0 Å². The van der Waals surface area contributed by atoms with Gasteiger partial charge in [-0.3, -0.25) is 0 Å². The van der Waals surface area contributed by atoms with E-state index in [1.165, 1.54) is 115 Å². The molecule has 0 unspecified atom stereocenters. The van der Waals surface area contributed by atoms with Gasteiger partial charge in [0.25, 0.3) is 0 Å². The molecule has 0 fully saturated rings. The molecule has 6 heteroatoms. The Morgan fingerprint density at radius 3 is 0.800 bits per heavy atom. The van der Waals surface area contributed by atoms with Crippen LogP contribution in [0.4, 0.5) is 0 Å². The van der Waals surface area contributed by atoms with Crippen LogP contribution < -0.4 is 0 Å². The Labute approximate surface area is 612 Å². The molecule has 15 aromatic carbocycles. The Morgan fingerprint density at radius 1 is 0.143 bits per heavy atom. The first-order valence-electron chi connectivity index (χ1n) is 35.6. The molecule has 516 valence electrons. The summed E-state index contributed by atoms with van der Waals surface area (Å²) in [6.45, 7) is 18.8. The molecule has 21 aromatic rings. The Hall–Kier alpha value is -12.9. The van der Waals surface area contributed by atoms with Gasteiger partial charge in [-0.25, -0.2) is 0 Å². The van der Waals surface area contributed by atoms with Crippen molar-refractivity contribution in [2.24, 2.45) is 0 Å². The van der Waals surface area contributed by atoms with Crippen molar-refractivity contribution in [2.45, 2.75) is 62.3 Å². The van der Waals surface area contributed by atoms with Crippen molar-refractivity contribution in [1.82, 2.24) is 0 Å². The summed E-state index contributed by atoms with van der Waals surface area (Å²) in [5.74, 6) is 0. The van der Waals surface area contributed by atoms with Crippen LogP contribution in [-0.2, 0) is 0 Å². The van der Waals surface area contributed by atoms with E-state index in [-0.39, 0.29) is 0 Å². The van der Waals surface area contributed by atoms with E-state index >= 15 is 0 Å². The first-order chi connectivity index (χ1) is 51.3. The van der Waals surface area contributed by atoms with E-state index in [2.05, 4.69) is 220 Å². The third-order valence-corrected chi connectivity index (χ3v) is 18.2. The fourth-order valence-corrected chi connectivity index (χ4v) is 12.8. The Morgan fingerprint density at radius 2 is 0.400 bits per heavy atom. The van der Waals surface area contributed by atoms with Gasteiger partial charge in [0, 0.05) is 64.6 Å². The minimum Gasteiger partial charge on any atom is -0.456 e. The Kier molecular flexibility index (Phi) is 22.3. The number of furan rings is 6. The van der Waals surface area contributed by atoms with E-state index in [0.29, 0.717) is 0 Å². The van der Waals surface area contributed by atoms with Crippen molar-refractivity contribution in [3.8, 4) is 0 Å². The molecule has 0 amide bonds. The van der Waals surface area contributed by atoms with Crippen LogP contribution in [0.2, 0.25) is 0 Å². The van der Waals surface area contributed by atoms with E-state index in [4.69, 9.17) is 26.5 Å².